The Kier molecular flexibility index (Phi) is 3.31. The molecule has 1 heterocycles. The third-order valence-electron chi connectivity index (χ3n) is 2.11. The van der Waals surface area contributed by atoms with Crippen molar-refractivity contribution in [1.29, 1.82) is 5.26 Å². The summed E-state index contributed by atoms with van der Waals surface area (Å²) >= 11 is 5.68. The molecule has 1 aromatic carbocycles. The number of benzene rings is 1. The summed E-state index contributed by atoms with van der Waals surface area (Å²) in [5, 5.41) is 8.97. The predicted molar refractivity (Wildman–Crippen MR) is 64.8 cm³/mol. The van der Waals surface area contributed by atoms with Crippen molar-refractivity contribution in [2.24, 2.45) is 0 Å². The van der Waals surface area contributed by atoms with E-state index in [-0.39, 0.29) is 22.9 Å². The van der Waals surface area contributed by atoms with Crippen molar-refractivity contribution in [2.75, 3.05) is 5.73 Å². The molecule has 90 valence electrons. The van der Waals surface area contributed by atoms with Gasteiger partial charge in [-0.25, -0.2) is 9.37 Å². The fraction of sp³-hybridized carbons (Fsp3) is 0. The first-order valence-corrected chi connectivity index (χ1v) is 5.26. The highest BCUT2D eigenvalue weighted by Gasteiger charge is 2.09. The van der Waals surface area contributed by atoms with Crippen molar-refractivity contribution in [3.05, 3.63) is 46.9 Å². The van der Waals surface area contributed by atoms with Crippen molar-refractivity contribution < 1.29 is 9.13 Å². The standard InChI is InChI=1S/C12H7ClFN3O/c13-8-4-10(16)12(17-6-8)18-11-2-1-7(5-15)3-9(11)14/h1-4,6H,16H2. The summed E-state index contributed by atoms with van der Waals surface area (Å²) in [6.45, 7) is 0. The zero-order valence-electron chi connectivity index (χ0n) is 9.02. The number of rotatable bonds is 2. The van der Waals surface area contributed by atoms with Crippen LogP contribution in [0.25, 0.3) is 0 Å². The molecule has 0 aliphatic carbocycles. The zero-order chi connectivity index (χ0) is 13.1. The lowest BCUT2D eigenvalue weighted by Gasteiger charge is -2.08. The molecule has 0 radical (unpaired) electrons. The van der Waals surface area contributed by atoms with Crippen molar-refractivity contribution in [1.82, 2.24) is 4.98 Å². The number of hydrogen-bond acceptors (Lipinski definition) is 4. The molecule has 6 heteroatoms. The van der Waals surface area contributed by atoms with E-state index in [0.29, 0.717) is 5.02 Å². The van der Waals surface area contributed by atoms with Crippen molar-refractivity contribution >= 4 is 17.3 Å². The van der Waals surface area contributed by atoms with Crippen LogP contribution in [0.3, 0.4) is 0 Å². The minimum Gasteiger partial charge on any atom is -0.434 e. The van der Waals surface area contributed by atoms with Gasteiger partial charge in [-0.1, -0.05) is 11.6 Å². The summed E-state index contributed by atoms with van der Waals surface area (Å²) in [6.07, 6.45) is 1.34. The maximum Gasteiger partial charge on any atom is 0.242 e. The van der Waals surface area contributed by atoms with Gasteiger partial charge in [0, 0.05) is 6.20 Å². The van der Waals surface area contributed by atoms with E-state index >= 15 is 0 Å². The van der Waals surface area contributed by atoms with E-state index < -0.39 is 5.82 Å². The molecule has 0 bridgehead atoms. The summed E-state index contributed by atoms with van der Waals surface area (Å²) in [5.74, 6) is -0.663. The highest BCUT2D eigenvalue weighted by atomic mass is 35.5. The van der Waals surface area contributed by atoms with Gasteiger partial charge >= 0.3 is 0 Å². The molecule has 0 spiro atoms. The zero-order valence-corrected chi connectivity index (χ0v) is 9.78. The molecule has 4 nitrogen and oxygen atoms in total. The molecule has 1 aromatic heterocycles. The Balaban J connectivity index is 2.32. The number of nitrogens with zero attached hydrogens (tertiary/aromatic N) is 2. The van der Waals surface area contributed by atoms with Crippen molar-refractivity contribution in [2.45, 2.75) is 0 Å². The van der Waals surface area contributed by atoms with E-state index in [1.54, 1.807) is 0 Å². The number of nitrogens with two attached hydrogens (primary N) is 1. The van der Waals surface area contributed by atoms with Crippen LogP contribution >= 0.6 is 11.6 Å². The molecular formula is C12H7ClFN3O. The fourth-order valence-electron chi connectivity index (χ4n) is 1.28. The van der Waals surface area contributed by atoms with E-state index in [0.717, 1.165) is 6.07 Å². The molecule has 0 fully saturated rings. The first-order chi connectivity index (χ1) is 8.60. The van der Waals surface area contributed by atoms with E-state index in [4.69, 9.17) is 27.3 Å². The quantitative estimate of drug-likeness (QED) is 0.903. The summed E-state index contributed by atoms with van der Waals surface area (Å²) in [6, 6.07) is 7.12. The molecule has 0 aliphatic heterocycles. The monoisotopic (exact) mass is 263 g/mol. The molecular weight excluding hydrogens is 257 g/mol. The lowest BCUT2D eigenvalue weighted by Crippen LogP contribution is -1.96. The number of nitriles is 1. The molecule has 0 aliphatic rings. The van der Waals surface area contributed by atoms with Crippen LogP contribution in [-0.4, -0.2) is 4.98 Å². The molecule has 2 N–H and O–H groups in total. The van der Waals surface area contributed by atoms with Gasteiger partial charge < -0.3 is 10.5 Å². The second-order valence-corrected chi connectivity index (χ2v) is 3.84. The Morgan fingerprint density at radius 3 is 2.78 bits per heavy atom. The average Bonchev–Trinajstić information content (AvgIpc) is 2.34. The van der Waals surface area contributed by atoms with E-state index in [2.05, 4.69) is 4.98 Å². The maximum absolute atomic E-state index is 13.6. The number of ether oxygens (including phenoxy) is 1. The third-order valence-corrected chi connectivity index (χ3v) is 2.32. The average molecular weight is 264 g/mol. The number of hydrogen-bond donors (Lipinski definition) is 1. The van der Waals surface area contributed by atoms with Gasteiger partial charge in [-0.05, 0) is 24.3 Å². The first kappa shape index (κ1) is 12.1. The van der Waals surface area contributed by atoms with Crippen LogP contribution < -0.4 is 10.5 Å². The Bertz CT molecular complexity index is 640. The fourth-order valence-corrected chi connectivity index (χ4v) is 1.45. The number of nitrogen functional groups attached to an aromatic ring is 1. The smallest absolute Gasteiger partial charge is 0.242 e. The Morgan fingerprint density at radius 1 is 1.39 bits per heavy atom. The van der Waals surface area contributed by atoms with Gasteiger partial charge in [0.2, 0.25) is 5.88 Å². The lowest BCUT2D eigenvalue weighted by atomic mass is 10.2. The van der Waals surface area contributed by atoms with E-state index in [9.17, 15) is 4.39 Å². The van der Waals surface area contributed by atoms with Crippen LogP contribution in [-0.2, 0) is 0 Å². The number of pyridine rings is 1. The van der Waals surface area contributed by atoms with Gasteiger partial charge in [-0.2, -0.15) is 5.26 Å². The normalized spacial score (nSPS) is 9.83. The largest absolute Gasteiger partial charge is 0.434 e. The molecule has 0 saturated carbocycles. The predicted octanol–water partition coefficient (Wildman–Crippen LogP) is 3.12. The van der Waals surface area contributed by atoms with Crippen LogP contribution in [0.1, 0.15) is 5.56 Å². The maximum atomic E-state index is 13.6. The number of halogens is 2. The van der Waals surface area contributed by atoms with Gasteiger partial charge in [-0.15, -0.1) is 0 Å². The molecule has 18 heavy (non-hydrogen) atoms. The number of aromatic nitrogens is 1. The van der Waals surface area contributed by atoms with Gasteiger partial charge in [0.05, 0.1) is 22.3 Å². The molecule has 0 saturated heterocycles. The minimum atomic E-state index is -0.662. The Morgan fingerprint density at radius 2 is 2.17 bits per heavy atom. The van der Waals surface area contributed by atoms with Crippen LogP contribution in [0.15, 0.2) is 30.5 Å². The Labute approximate surface area is 107 Å². The molecule has 0 unspecified atom stereocenters. The van der Waals surface area contributed by atoms with Crippen LogP contribution in [0.2, 0.25) is 5.02 Å². The minimum absolute atomic E-state index is 0.0583. The topological polar surface area (TPSA) is 71.9 Å². The molecule has 2 rings (SSSR count). The van der Waals surface area contributed by atoms with Gasteiger partial charge in [0.1, 0.15) is 0 Å². The highest BCUT2D eigenvalue weighted by molar-refractivity contribution is 6.30. The summed E-state index contributed by atoms with van der Waals surface area (Å²) in [5.41, 5.74) is 6.03. The summed E-state index contributed by atoms with van der Waals surface area (Å²) in [7, 11) is 0. The highest BCUT2D eigenvalue weighted by Crippen LogP contribution is 2.28. The Hall–Kier alpha value is -2.32. The third kappa shape index (κ3) is 2.50. The lowest BCUT2D eigenvalue weighted by molar-refractivity contribution is 0.429. The van der Waals surface area contributed by atoms with Gasteiger partial charge in [0.15, 0.2) is 11.6 Å². The van der Waals surface area contributed by atoms with Crippen LogP contribution in [0, 0.1) is 17.1 Å². The summed E-state index contributed by atoms with van der Waals surface area (Å²) < 4.78 is 18.8. The van der Waals surface area contributed by atoms with Gasteiger partial charge in [0.25, 0.3) is 0 Å². The first-order valence-electron chi connectivity index (χ1n) is 4.88. The van der Waals surface area contributed by atoms with Crippen LogP contribution in [0.5, 0.6) is 11.6 Å². The van der Waals surface area contributed by atoms with Crippen molar-refractivity contribution in [3.63, 3.8) is 0 Å². The second kappa shape index (κ2) is 4.90. The van der Waals surface area contributed by atoms with Gasteiger partial charge in [-0.3, -0.25) is 0 Å². The SMILES string of the molecule is N#Cc1ccc(Oc2ncc(Cl)cc2N)c(F)c1. The second-order valence-electron chi connectivity index (χ2n) is 3.41. The van der Waals surface area contributed by atoms with Crippen molar-refractivity contribution in [3.8, 4) is 17.7 Å². The summed E-state index contributed by atoms with van der Waals surface area (Å²) in [4.78, 5) is 3.85. The molecule has 0 atom stereocenters. The number of anilines is 1. The molecule has 0 amide bonds. The van der Waals surface area contributed by atoms with E-state index in [1.807, 2.05) is 6.07 Å². The van der Waals surface area contributed by atoms with Crippen LogP contribution in [0.4, 0.5) is 10.1 Å². The van der Waals surface area contributed by atoms with E-state index in [1.165, 1.54) is 24.4 Å². The molecule has 2 aromatic rings.